The Bertz CT molecular complexity index is 1180. The van der Waals surface area contributed by atoms with Gasteiger partial charge in [0, 0.05) is 11.3 Å². The van der Waals surface area contributed by atoms with Gasteiger partial charge < -0.3 is 10.1 Å². The standard InChI is InChI=1S/C35H50N2O2S/c1-6-7-8-9-10-11-12-13-14-15-21-39-33-20-19-29(23-32(33)35(3,4)5)24-34(38)36-31-18-16-17-30(22-31)26-37-25-28(2)40-27-37/h16-20,22-23,25,27H,6-15,21,24,26H2,1-5H3/p+1. The van der Waals surface area contributed by atoms with Crippen molar-refractivity contribution in [2.75, 3.05) is 11.9 Å². The second kappa shape index (κ2) is 16.6. The van der Waals surface area contributed by atoms with Crippen molar-refractivity contribution in [2.24, 2.45) is 0 Å². The third-order valence-corrected chi connectivity index (χ3v) is 8.12. The number of unbranched alkanes of at least 4 members (excludes halogenated alkanes) is 9. The number of aromatic nitrogens is 1. The minimum Gasteiger partial charge on any atom is -0.493 e. The van der Waals surface area contributed by atoms with Crippen LogP contribution in [-0.4, -0.2) is 12.5 Å². The van der Waals surface area contributed by atoms with Gasteiger partial charge in [-0.25, -0.2) is 0 Å². The average molecular weight is 564 g/mol. The molecule has 5 heteroatoms. The number of carbonyl (C=O) groups is 1. The summed E-state index contributed by atoms with van der Waals surface area (Å²) in [6.45, 7) is 12.5. The van der Waals surface area contributed by atoms with Gasteiger partial charge in [0.05, 0.1) is 17.9 Å². The minimum atomic E-state index is -0.0639. The van der Waals surface area contributed by atoms with E-state index >= 15 is 0 Å². The number of hydrogen-bond acceptors (Lipinski definition) is 3. The summed E-state index contributed by atoms with van der Waals surface area (Å²) in [5.41, 5.74) is 6.23. The molecule has 0 saturated heterocycles. The average Bonchev–Trinajstić information content (AvgIpc) is 3.31. The zero-order chi connectivity index (χ0) is 28.8. The summed E-state index contributed by atoms with van der Waals surface area (Å²) < 4.78 is 8.43. The van der Waals surface area contributed by atoms with Crippen molar-refractivity contribution in [3.8, 4) is 5.75 Å². The maximum atomic E-state index is 12.9. The summed E-state index contributed by atoms with van der Waals surface area (Å²) in [6.07, 6.45) is 15.7. The molecule has 0 unspecified atom stereocenters. The van der Waals surface area contributed by atoms with Crippen LogP contribution in [0.25, 0.3) is 0 Å². The zero-order valence-electron chi connectivity index (χ0n) is 25.6. The molecule has 2 aromatic carbocycles. The fraction of sp³-hybridized carbons (Fsp3) is 0.543. The van der Waals surface area contributed by atoms with E-state index in [9.17, 15) is 4.79 Å². The predicted octanol–water partition coefficient (Wildman–Crippen LogP) is 9.17. The van der Waals surface area contributed by atoms with Crippen molar-refractivity contribution in [3.63, 3.8) is 0 Å². The Morgan fingerprint density at radius 1 is 0.900 bits per heavy atom. The van der Waals surface area contributed by atoms with Crippen LogP contribution in [0, 0.1) is 6.92 Å². The van der Waals surface area contributed by atoms with Crippen molar-refractivity contribution in [3.05, 3.63) is 75.7 Å². The molecule has 0 atom stereocenters. The SMILES string of the molecule is CCCCCCCCCCCCOc1ccc(CC(=O)Nc2cccc(C[n+]3csc(C)c3)c2)cc1C(C)(C)C. The van der Waals surface area contributed by atoms with Crippen LogP contribution in [0.4, 0.5) is 5.69 Å². The Labute approximate surface area is 247 Å². The van der Waals surface area contributed by atoms with Crippen LogP contribution in [0.2, 0.25) is 0 Å². The molecule has 1 heterocycles. The second-order valence-electron chi connectivity index (χ2n) is 12.2. The first-order valence-corrected chi connectivity index (χ1v) is 16.2. The number of amides is 1. The van der Waals surface area contributed by atoms with Crippen LogP contribution in [0.1, 0.15) is 113 Å². The molecule has 0 radical (unpaired) electrons. The molecule has 0 aliphatic heterocycles. The summed E-state index contributed by atoms with van der Waals surface area (Å²) in [6, 6.07) is 14.4. The molecule has 0 fully saturated rings. The van der Waals surface area contributed by atoms with E-state index in [0.29, 0.717) is 6.42 Å². The Hall–Kier alpha value is -2.66. The van der Waals surface area contributed by atoms with Crippen molar-refractivity contribution >= 4 is 22.9 Å². The first-order valence-electron chi connectivity index (χ1n) is 15.3. The van der Waals surface area contributed by atoms with Crippen molar-refractivity contribution in [1.82, 2.24) is 0 Å². The van der Waals surface area contributed by atoms with Crippen molar-refractivity contribution < 1.29 is 14.1 Å². The summed E-state index contributed by atoms with van der Waals surface area (Å²) >= 11 is 1.74. The number of hydrogen-bond donors (Lipinski definition) is 1. The molecular formula is C35H51N2O2S+. The smallest absolute Gasteiger partial charge is 0.228 e. The van der Waals surface area contributed by atoms with Crippen LogP contribution in [0.5, 0.6) is 5.75 Å². The molecule has 0 bridgehead atoms. The molecule has 1 N–H and O–H groups in total. The van der Waals surface area contributed by atoms with Gasteiger partial charge in [-0.1, -0.05) is 121 Å². The third-order valence-electron chi connectivity index (χ3n) is 7.27. The summed E-state index contributed by atoms with van der Waals surface area (Å²) in [5.74, 6) is 0.941. The van der Waals surface area contributed by atoms with Gasteiger partial charge in [-0.15, -0.1) is 0 Å². The van der Waals surface area contributed by atoms with Gasteiger partial charge in [-0.3, -0.25) is 4.79 Å². The zero-order valence-corrected chi connectivity index (χ0v) is 26.4. The topological polar surface area (TPSA) is 42.2 Å². The van der Waals surface area contributed by atoms with E-state index in [1.807, 2.05) is 18.2 Å². The highest BCUT2D eigenvalue weighted by atomic mass is 32.1. The first kappa shape index (κ1) is 31.9. The molecular weight excluding hydrogens is 512 g/mol. The number of rotatable bonds is 17. The lowest BCUT2D eigenvalue weighted by Crippen LogP contribution is -2.30. The molecule has 3 rings (SSSR count). The van der Waals surface area contributed by atoms with E-state index < -0.39 is 0 Å². The quantitative estimate of drug-likeness (QED) is 0.131. The van der Waals surface area contributed by atoms with Gasteiger partial charge in [-0.2, -0.15) is 4.57 Å². The van der Waals surface area contributed by atoms with Crippen LogP contribution in [0.15, 0.2) is 54.2 Å². The Morgan fingerprint density at radius 3 is 2.25 bits per heavy atom. The lowest BCUT2D eigenvalue weighted by molar-refractivity contribution is -0.683. The highest BCUT2D eigenvalue weighted by Crippen LogP contribution is 2.32. The molecule has 0 saturated carbocycles. The number of ether oxygens (including phenoxy) is 1. The van der Waals surface area contributed by atoms with Gasteiger partial charge in [0.1, 0.15) is 5.75 Å². The molecule has 40 heavy (non-hydrogen) atoms. The van der Waals surface area contributed by atoms with E-state index in [4.69, 9.17) is 4.74 Å². The Morgan fingerprint density at radius 2 is 1.60 bits per heavy atom. The summed E-state index contributed by atoms with van der Waals surface area (Å²) in [7, 11) is 0. The highest BCUT2D eigenvalue weighted by Gasteiger charge is 2.20. The van der Waals surface area contributed by atoms with Gasteiger partial charge in [0.25, 0.3) is 0 Å². The van der Waals surface area contributed by atoms with Crippen molar-refractivity contribution in [2.45, 2.75) is 117 Å². The number of nitrogens with one attached hydrogen (secondary N) is 1. The number of benzene rings is 2. The summed E-state index contributed by atoms with van der Waals surface area (Å²) in [5, 5.41) is 3.09. The van der Waals surface area contributed by atoms with Gasteiger partial charge in [-0.05, 0) is 48.1 Å². The predicted molar refractivity (Wildman–Crippen MR) is 170 cm³/mol. The monoisotopic (exact) mass is 563 g/mol. The molecule has 0 aliphatic carbocycles. The van der Waals surface area contributed by atoms with Crippen LogP contribution in [-0.2, 0) is 23.2 Å². The van der Waals surface area contributed by atoms with E-state index in [0.717, 1.165) is 42.1 Å². The lowest BCUT2D eigenvalue weighted by Gasteiger charge is -2.24. The lowest BCUT2D eigenvalue weighted by atomic mass is 9.85. The van der Waals surface area contributed by atoms with Crippen LogP contribution < -0.4 is 14.6 Å². The molecule has 0 aliphatic rings. The maximum Gasteiger partial charge on any atom is 0.228 e. The van der Waals surface area contributed by atoms with Gasteiger partial charge >= 0.3 is 0 Å². The maximum absolute atomic E-state index is 12.9. The second-order valence-corrected chi connectivity index (χ2v) is 13.3. The fourth-order valence-electron chi connectivity index (χ4n) is 5.05. The highest BCUT2D eigenvalue weighted by molar-refractivity contribution is 7.09. The molecule has 0 spiro atoms. The minimum absolute atomic E-state index is 0.00456. The van der Waals surface area contributed by atoms with E-state index in [-0.39, 0.29) is 11.3 Å². The molecule has 1 aromatic heterocycles. The molecule has 1 amide bonds. The van der Waals surface area contributed by atoms with E-state index in [1.54, 1.807) is 11.3 Å². The third kappa shape index (κ3) is 11.4. The van der Waals surface area contributed by atoms with E-state index in [1.165, 1.54) is 68.2 Å². The van der Waals surface area contributed by atoms with Gasteiger partial charge in [0.15, 0.2) is 12.7 Å². The summed E-state index contributed by atoms with van der Waals surface area (Å²) in [4.78, 5) is 14.2. The van der Waals surface area contributed by atoms with Gasteiger partial charge in [0.2, 0.25) is 11.4 Å². The molecule has 218 valence electrons. The fourth-order valence-corrected chi connectivity index (χ4v) is 5.68. The Kier molecular flexibility index (Phi) is 13.2. The van der Waals surface area contributed by atoms with Crippen molar-refractivity contribution in [1.29, 1.82) is 0 Å². The largest absolute Gasteiger partial charge is 0.493 e. The Balaban J connectivity index is 1.47. The number of nitrogens with zero attached hydrogens (tertiary/aromatic N) is 1. The molecule has 3 aromatic rings. The van der Waals surface area contributed by atoms with Crippen LogP contribution in [0.3, 0.4) is 0 Å². The number of carbonyl (C=O) groups excluding carboxylic acids is 1. The number of aryl methyl sites for hydroxylation is 1. The number of anilines is 1. The van der Waals surface area contributed by atoms with E-state index in [2.05, 4.69) is 80.5 Å². The van der Waals surface area contributed by atoms with Crippen LogP contribution >= 0.6 is 11.3 Å². The first-order chi connectivity index (χ1) is 19.2. The normalized spacial score (nSPS) is 11.5. The number of thiazole rings is 1. The molecule has 4 nitrogen and oxygen atoms in total.